The Morgan fingerprint density at radius 3 is 3.00 bits per heavy atom. The summed E-state index contributed by atoms with van der Waals surface area (Å²) in [6, 6.07) is 0. The molecule has 1 fully saturated rings. The van der Waals surface area contributed by atoms with Gasteiger partial charge in [-0.25, -0.2) is 9.86 Å². The molecule has 0 saturated carbocycles. The van der Waals surface area contributed by atoms with Crippen molar-refractivity contribution in [3.63, 3.8) is 0 Å². The SMILES string of the molecule is C=C1CCCN1OC(=O)CC. The van der Waals surface area contributed by atoms with Crippen molar-refractivity contribution in [2.24, 2.45) is 0 Å². The van der Waals surface area contributed by atoms with Gasteiger partial charge >= 0.3 is 5.97 Å². The summed E-state index contributed by atoms with van der Waals surface area (Å²) in [6.45, 7) is 6.35. The monoisotopic (exact) mass is 155 g/mol. The van der Waals surface area contributed by atoms with Crippen LogP contribution in [0.25, 0.3) is 0 Å². The lowest BCUT2D eigenvalue weighted by atomic mass is 10.3. The molecule has 0 aromatic carbocycles. The molecule has 1 rings (SSSR count). The molecular formula is C8H13NO2. The van der Waals surface area contributed by atoms with Gasteiger partial charge in [0.05, 0.1) is 6.54 Å². The summed E-state index contributed by atoms with van der Waals surface area (Å²) >= 11 is 0. The minimum absolute atomic E-state index is 0.187. The third-order valence-corrected chi connectivity index (χ3v) is 1.68. The first kappa shape index (κ1) is 8.11. The molecule has 0 aromatic rings. The number of hydrogen-bond acceptors (Lipinski definition) is 3. The summed E-state index contributed by atoms with van der Waals surface area (Å²) in [4.78, 5) is 15.8. The Morgan fingerprint density at radius 1 is 1.82 bits per heavy atom. The fourth-order valence-corrected chi connectivity index (χ4v) is 1.01. The highest BCUT2D eigenvalue weighted by atomic mass is 16.7. The third-order valence-electron chi connectivity index (χ3n) is 1.68. The van der Waals surface area contributed by atoms with E-state index < -0.39 is 0 Å². The largest absolute Gasteiger partial charge is 0.341 e. The first-order valence-electron chi connectivity index (χ1n) is 3.90. The molecule has 0 unspecified atom stereocenters. The lowest BCUT2D eigenvalue weighted by Crippen LogP contribution is -2.21. The Kier molecular flexibility index (Phi) is 2.52. The minimum Gasteiger partial charge on any atom is -0.341 e. The minimum atomic E-state index is -0.187. The Balaban J connectivity index is 2.36. The molecule has 62 valence electrons. The van der Waals surface area contributed by atoms with Crippen LogP contribution in [0.1, 0.15) is 26.2 Å². The van der Waals surface area contributed by atoms with Crippen LogP contribution in [0.2, 0.25) is 0 Å². The maximum atomic E-state index is 10.8. The Hall–Kier alpha value is -0.990. The molecule has 0 aliphatic carbocycles. The summed E-state index contributed by atoms with van der Waals surface area (Å²) < 4.78 is 0. The maximum Gasteiger partial charge on any atom is 0.332 e. The average molecular weight is 155 g/mol. The van der Waals surface area contributed by atoms with Crippen molar-refractivity contribution < 1.29 is 9.63 Å². The number of hydrogen-bond donors (Lipinski definition) is 0. The highest BCUT2D eigenvalue weighted by Gasteiger charge is 2.17. The smallest absolute Gasteiger partial charge is 0.332 e. The fourth-order valence-electron chi connectivity index (χ4n) is 1.01. The van der Waals surface area contributed by atoms with E-state index in [1.807, 2.05) is 0 Å². The van der Waals surface area contributed by atoms with Gasteiger partial charge in [0, 0.05) is 12.1 Å². The summed E-state index contributed by atoms with van der Waals surface area (Å²) in [5.74, 6) is -0.187. The molecule has 0 radical (unpaired) electrons. The molecule has 0 amide bonds. The normalized spacial score (nSPS) is 17.2. The van der Waals surface area contributed by atoms with Crippen LogP contribution in [-0.2, 0) is 9.63 Å². The number of rotatable bonds is 2. The van der Waals surface area contributed by atoms with Crippen molar-refractivity contribution in [1.82, 2.24) is 5.06 Å². The van der Waals surface area contributed by atoms with Gasteiger partial charge in [-0.3, -0.25) is 0 Å². The second-order valence-corrected chi connectivity index (χ2v) is 2.59. The molecule has 0 spiro atoms. The first-order chi connectivity index (χ1) is 5.24. The van der Waals surface area contributed by atoms with E-state index in [1.165, 1.54) is 0 Å². The van der Waals surface area contributed by atoms with Gasteiger partial charge in [-0.1, -0.05) is 13.5 Å². The summed E-state index contributed by atoms with van der Waals surface area (Å²) in [7, 11) is 0. The Morgan fingerprint density at radius 2 is 2.55 bits per heavy atom. The van der Waals surface area contributed by atoms with E-state index in [2.05, 4.69) is 6.58 Å². The van der Waals surface area contributed by atoms with Gasteiger partial charge in [0.15, 0.2) is 0 Å². The van der Waals surface area contributed by atoms with Gasteiger partial charge in [-0.15, -0.1) is 0 Å². The van der Waals surface area contributed by atoms with E-state index in [1.54, 1.807) is 12.0 Å². The van der Waals surface area contributed by atoms with Crippen molar-refractivity contribution in [2.45, 2.75) is 26.2 Å². The van der Waals surface area contributed by atoms with Crippen molar-refractivity contribution in [3.05, 3.63) is 12.3 Å². The molecule has 11 heavy (non-hydrogen) atoms. The molecule has 1 aliphatic heterocycles. The van der Waals surface area contributed by atoms with Crippen LogP contribution >= 0.6 is 0 Å². The van der Waals surface area contributed by atoms with E-state index in [4.69, 9.17) is 4.84 Å². The predicted molar refractivity (Wildman–Crippen MR) is 41.5 cm³/mol. The number of carbonyl (C=O) groups is 1. The lowest BCUT2D eigenvalue weighted by Gasteiger charge is -2.16. The van der Waals surface area contributed by atoms with Crippen molar-refractivity contribution in [3.8, 4) is 0 Å². The van der Waals surface area contributed by atoms with Crippen molar-refractivity contribution in [1.29, 1.82) is 0 Å². The first-order valence-corrected chi connectivity index (χ1v) is 3.90. The molecule has 3 nitrogen and oxygen atoms in total. The fraction of sp³-hybridized carbons (Fsp3) is 0.625. The second-order valence-electron chi connectivity index (χ2n) is 2.59. The second kappa shape index (κ2) is 3.42. The van der Waals surface area contributed by atoms with Crippen LogP contribution in [0.4, 0.5) is 0 Å². The van der Waals surface area contributed by atoms with E-state index in [-0.39, 0.29) is 5.97 Å². The molecule has 0 aromatic heterocycles. The lowest BCUT2D eigenvalue weighted by molar-refractivity contribution is -0.177. The highest BCUT2D eigenvalue weighted by molar-refractivity contribution is 5.68. The van der Waals surface area contributed by atoms with Gasteiger partial charge in [0.2, 0.25) is 0 Å². The maximum absolute atomic E-state index is 10.8. The van der Waals surface area contributed by atoms with Crippen molar-refractivity contribution in [2.75, 3.05) is 6.54 Å². The number of hydroxylamine groups is 2. The summed E-state index contributed by atoms with van der Waals surface area (Å²) in [5.41, 5.74) is 0.909. The number of carbonyl (C=O) groups excluding carboxylic acids is 1. The van der Waals surface area contributed by atoms with Crippen LogP contribution in [0.15, 0.2) is 12.3 Å². The number of allylic oxidation sites excluding steroid dienone is 1. The molecule has 0 bridgehead atoms. The van der Waals surface area contributed by atoms with Gasteiger partial charge in [-0.2, -0.15) is 0 Å². The highest BCUT2D eigenvalue weighted by Crippen LogP contribution is 2.18. The van der Waals surface area contributed by atoms with Crippen LogP contribution in [0, 0.1) is 0 Å². The van der Waals surface area contributed by atoms with Gasteiger partial charge in [0.1, 0.15) is 0 Å². The zero-order chi connectivity index (χ0) is 8.27. The Labute approximate surface area is 66.6 Å². The third kappa shape index (κ3) is 1.97. The van der Waals surface area contributed by atoms with Gasteiger partial charge < -0.3 is 4.84 Å². The van der Waals surface area contributed by atoms with Crippen LogP contribution in [0.5, 0.6) is 0 Å². The predicted octanol–water partition coefficient (Wildman–Crippen LogP) is 1.46. The molecular weight excluding hydrogens is 142 g/mol. The molecule has 0 atom stereocenters. The average Bonchev–Trinajstić information content (AvgIpc) is 2.37. The molecule has 1 aliphatic rings. The van der Waals surface area contributed by atoms with E-state index in [0.717, 1.165) is 25.1 Å². The molecule has 3 heteroatoms. The van der Waals surface area contributed by atoms with Gasteiger partial charge in [0.25, 0.3) is 0 Å². The Bertz CT molecular complexity index is 177. The quantitative estimate of drug-likeness (QED) is 0.604. The van der Waals surface area contributed by atoms with E-state index in [9.17, 15) is 4.79 Å². The van der Waals surface area contributed by atoms with E-state index in [0.29, 0.717) is 6.42 Å². The molecule has 0 N–H and O–H groups in total. The standard InChI is InChI=1S/C8H13NO2/c1-3-8(10)11-9-6-4-5-7(9)2/h2-6H2,1H3. The zero-order valence-corrected chi connectivity index (χ0v) is 6.80. The van der Waals surface area contributed by atoms with Gasteiger partial charge in [-0.05, 0) is 12.8 Å². The number of nitrogens with zero attached hydrogens (tertiary/aromatic N) is 1. The van der Waals surface area contributed by atoms with Crippen molar-refractivity contribution >= 4 is 5.97 Å². The summed E-state index contributed by atoms with van der Waals surface area (Å²) in [5, 5.41) is 1.59. The topological polar surface area (TPSA) is 29.5 Å². The molecule has 1 saturated heterocycles. The van der Waals surface area contributed by atoms with Crippen LogP contribution in [-0.4, -0.2) is 17.6 Å². The van der Waals surface area contributed by atoms with Crippen LogP contribution in [0.3, 0.4) is 0 Å². The zero-order valence-electron chi connectivity index (χ0n) is 6.80. The summed E-state index contributed by atoms with van der Waals surface area (Å²) in [6.07, 6.45) is 2.40. The van der Waals surface area contributed by atoms with Crippen LogP contribution < -0.4 is 0 Å². The molecule has 1 heterocycles. The van der Waals surface area contributed by atoms with E-state index >= 15 is 0 Å².